The number of nitrogens with zero attached hydrogens (tertiary/aromatic N) is 3. The van der Waals surface area contributed by atoms with Gasteiger partial charge in [-0.3, -0.25) is 14.9 Å². The van der Waals surface area contributed by atoms with E-state index >= 15 is 0 Å². The van der Waals surface area contributed by atoms with Crippen LogP contribution in [0.1, 0.15) is 24.8 Å². The lowest BCUT2D eigenvalue weighted by atomic mass is 10.1. The SMILES string of the molecule is CN(C/C=C/CCOc1cccc(-c2ccn[nH]2)c1)Cc1cc(N)ccc1OCCN1CCCC1. The van der Waals surface area contributed by atoms with Gasteiger partial charge in [0.15, 0.2) is 0 Å². The molecule has 0 spiro atoms. The number of nitrogens with one attached hydrogen (secondary N) is 1. The number of hydrogen-bond donors (Lipinski definition) is 2. The summed E-state index contributed by atoms with van der Waals surface area (Å²) in [5, 5.41) is 6.99. The lowest BCUT2D eigenvalue weighted by molar-refractivity contribution is 0.234. The summed E-state index contributed by atoms with van der Waals surface area (Å²) in [7, 11) is 2.11. The number of hydrogen-bond acceptors (Lipinski definition) is 6. The Balaban J connectivity index is 1.18. The highest BCUT2D eigenvalue weighted by molar-refractivity contribution is 5.60. The number of aromatic amines is 1. The first-order valence-electron chi connectivity index (χ1n) is 12.5. The molecule has 0 atom stereocenters. The molecule has 0 amide bonds. The summed E-state index contributed by atoms with van der Waals surface area (Å²) in [6.45, 7) is 6.34. The van der Waals surface area contributed by atoms with Crippen molar-refractivity contribution in [2.45, 2.75) is 25.8 Å². The molecule has 3 N–H and O–H groups in total. The lowest BCUT2D eigenvalue weighted by Gasteiger charge is -2.20. The lowest BCUT2D eigenvalue weighted by Crippen LogP contribution is -2.25. The van der Waals surface area contributed by atoms with Crippen LogP contribution in [-0.4, -0.2) is 66.4 Å². The molecule has 0 unspecified atom stereocenters. The molecule has 0 aliphatic carbocycles. The van der Waals surface area contributed by atoms with Crippen molar-refractivity contribution >= 4 is 5.69 Å². The van der Waals surface area contributed by atoms with Gasteiger partial charge in [-0.25, -0.2) is 0 Å². The maximum Gasteiger partial charge on any atom is 0.124 e. The predicted molar refractivity (Wildman–Crippen MR) is 142 cm³/mol. The third kappa shape index (κ3) is 7.87. The Bertz CT molecular complexity index is 1060. The van der Waals surface area contributed by atoms with Gasteiger partial charge in [0.2, 0.25) is 0 Å². The average Bonchev–Trinajstić information content (AvgIpc) is 3.58. The minimum absolute atomic E-state index is 0.636. The fourth-order valence-electron chi connectivity index (χ4n) is 4.30. The highest BCUT2D eigenvalue weighted by atomic mass is 16.5. The zero-order valence-electron chi connectivity index (χ0n) is 20.7. The standard InChI is InChI=1S/C28H37N5O2/c1-32(22-24-20-25(29)10-11-28(24)35-19-17-33-15-4-5-16-33)14-3-2-6-18-34-26-9-7-8-23(21-26)27-12-13-30-31-27/h2-3,7-13,20-21H,4-6,14-19,22,29H2,1H3,(H,30,31)/b3-2+. The van der Waals surface area contributed by atoms with Gasteiger partial charge in [0.25, 0.3) is 0 Å². The Morgan fingerprint density at radius 1 is 1.06 bits per heavy atom. The summed E-state index contributed by atoms with van der Waals surface area (Å²) in [5.74, 6) is 1.79. The Kier molecular flexibility index (Phi) is 9.20. The van der Waals surface area contributed by atoms with Crippen LogP contribution < -0.4 is 15.2 Å². The molecule has 1 aliphatic rings. The van der Waals surface area contributed by atoms with Gasteiger partial charge >= 0.3 is 0 Å². The summed E-state index contributed by atoms with van der Waals surface area (Å²) in [6, 6.07) is 15.9. The number of anilines is 1. The van der Waals surface area contributed by atoms with Crippen molar-refractivity contribution in [1.29, 1.82) is 0 Å². The molecule has 35 heavy (non-hydrogen) atoms. The molecule has 1 saturated heterocycles. The van der Waals surface area contributed by atoms with Crippen LogP contribution in [0.25, 0.3) is 11.3 Å². The van der Waals surface area contributed by atoms with Gasteiger partial charge in [-0.15, -0.1) is 0 Å². The van der Waals surface area contributed by atoms with E-state index in [0.29, 0.717) is 13.2 Å². The summed E-state index contributed by atoms with van der Waals surface area (Å²) in [6.07, 6.45) is 9.56. The van der Waals surface area contributed by atoms with Crippen molar-refractivity contribution in [3.05, 3.63) is 72.4 Å². The van der Waals surface area contributed by atoms with Gasteiger partial charge in [-0.1, -0.05) is 24.3 Å². The number of H-pyrrole nitrogens is 1. The van der Waals surface area contributed by atoms with Crippen LogP contribution >= 0.6 is 0 Å². The van der Waals surface area contributed by atoms with Crippen molar-refractivity contribution in [2.24, 2.45) is 0 Å². The maximum atomic E-state index is 6.12. The van der Waals surface area contributed by atoms with Gasteiger partial charge in [0.05, 0.1) is 12.3 Å². The summed E-state index contributed by atoms with van der Waals surface area (Å²) < 4.78 is 12.0. The van der Waals surface area contributed by atoms with Crippen LogP contribution in [0.4, 0.5) is 5.69 Å². The van der Waals surface area contributed by atoms with Crippen molar-refractivity contribution in [2.75, 3.05) is 52.2 Å². The van der Waals surface area contributed by atoms with E-state index in [0.717, 1.165) is 60.1 Å². The molecule has 1 fully saturated rings. The molecule has 7 heteroatoms. The van der Waals surface area contributed by atoms with Gasteiger partial charge in [-0.05, 0) is 75.8 Å². The van der Waals surface area contributed by atoms with E-state index < -0.39 is 0 Å². The number of ether oxygens (including phenoxy) is 2. The van der Waals surface area contributed by atoms with Gasteiger partial charge < -0.3 is 15.2 Å². The van der Waals surface area contributed by atoms with E-state index in [-0.39, 0.29) is 0 Å². The molecule has 7 nitrogen and oxygen atoms in total. The van der Waals surface area contributed by atoms with Crippen LogP contribution in [0.5, 0.6) is 11.5 Å². The average molecular weight is 476 g/mol. The Morgan fingerprint density at radius 3 is 2.77 bits per heavy atom. The van der Waals surface area contributed by atoms with Crippen LogP contribution in [0.2, 0.25) is 0 Å². The summed E-state index contributed by atoms with van der Waals surface area (Å²) >= 11 is 0. The Labute approximate surface area is 208 Å². The molecule has 0 radical (unpaired) electrons. The molecule has 1 aliphatic heterocycles. The highest BCUT2D eigenvalue weighted by Gasteiger charge is 2.12. The second-order valence-electron chi connectivity index (χ2n) is 9.07. The molecule has 1 aromatic heterocycles. The normalized spacial score (nSPS) is 14.2. The number of likely N-dealkylation sites (N-methyl/N-ethyl adjacent to an activating group) is 1. The molecule has 4 rings (SSSR count). The molecule has 3 aromatic rings. The summed E-state index contributed by atoms with van der Waals surface area (Å²) in [5.41, 5.74) is 10.0. The number of rotatable bonds is 13. The van der Waals surface area contributed by atoms with Crippen LogP contribution in [-0.2, 0) is 6.54 Å². The molecule has 186 valence electrons. The third-order valence-electron chi connectivity index (χ3n) is 6.17. The topological polar surface area (TPSA) is 79.6 Å². The monoisotopic (exact) mass is 475 g/mol. The number of likely N-dealkylation sites (tertiary alicyclic amines) is 1. The van der Waals surface area contributed by atoms with Crippen LogP contribution in [0, 0.1) is 0 Å². The fraction of sp³-hybridized carbons (Fsp3) is 0.393. The van der Waals surface area contributed by atoms with E-state index in [2.05, 4.69) is 39.2 Å². The minimum atomic E-state index is 0.636. The molecule has 2 aromatic carbocycles. The quantitative estimate of drug-likeness (QED) is 0.214. The van der Waals surface area contributed by atoms with Gasteiger partial charge in [0.1, 0.15) is 18.1 Å². The van der Waals surface area contributed by atoms with Crippen molar-refractivity contribution < 1.29 is 9.47 Å². The number of benzene rings is 2. The second kappa shape index (κ2) is 13.0. The van der Waals surface area contributed by atoms with Crippen molar-refractivity contribution in [1.82, 2.24) is 20.0 Å². The molecule has 2 heterocycles. The number of aromatic nitrogens is 2. The summed E-state index contributed by atoms with van der Waals surface area (Å²) in [4.78, 5) is 4.72. The van der Waals surface area contributed by atoms with Gasteiger partial charge in [-0.2, -0.15) is 5.10 Å². The molecule has 0 saturated carbocycles. The van der Waals surface area contributed by atoms with E-state index in [1.807, 2.05) is 48.5 Å². The predicted octanol–water partition coefficient (Wildman–Crippen LogP) is 4.59. The fourth-order valence-corrected chi connectivity index (χ4v) is 4.30. The van der Waals surface area contributed by atoms with Gasteiger partial charge in [0, 0.05) is 42.6 Å². The van der Waals surface area contributed by atoms with Crippen LogP contribution in [0.15, 0.2) is 66.9 Å². The van der Waals surface area contributed by atoms with Crippen LogP contribution in [0.3, 0.4) is 0 Å². The first-order valence-corrected chi connectivity index (χ1v) is 12.5. The molecular formula is C28H37N5O2. The first kappa shape index (κ1) is 24.8. The first-order chi connectivity index (χ1) is 17.2. The number of nitrogen functional groups attached to an aromatic ring is 1. The Hall–Kier alpha value is -3.29. The van der Waals surface area contributed by atoms with E-state index in [1.54, 1.807) is 6.20 Å². The smallest absolute Gasteiger partial charge is 0.124 e. The molecular weight excluding hydrogens is 438 g/mol. The van der Waals surface area contributed by atoms with Crippen molar-refractivity contribution in [3.8, 4) is 22.8 Å². The molecule has 0 bridgehead atoms. The van der Waals surface area contributed by atoms with E-state index in [1.165, 1.54) is 25.9 Å². The highest BCUT2D eigenvalue weighted by Crippen LogP contribution is 2.24. The zero-order chi connectivity index (χ0) is 24.3. The van der Waals surface area contributed by atoms with E-state index in [4.69, 9.17) is 15.2 Å². The Morgan fingerprint density at radius 2 is 1.94 bits per heavy atom. The second-order valence-corrected chi connectivity index (χ2v) is 9.07. The maximum absolute atomic E-state index is 6.12. The largest absolute Gasteiger partial charge is 0.493 e. The third-order valence-corrected chi connectivity index (χ3v) is 6.17. The minimum Gasteiger partial charge on any atom is -0.493 e. The van der Waals surface area contributed by atoms with Crippen molar-refractivity contribution in [3.63, 3.8) is 0 Å². The number of nitrogens with two attached hydrogens (primary N) is 1. The van der Waals surface area contributed by atoms with E-state index in [9.17, 15) is 0 Å². The zero-order valence-corrected chi connectivity index (χ0v) is 20.7.